The SMILES string of the molecule is CS(=O)(=O)NC(=O)C1CC2CCCCC2N1.Cl. The maximum Gasteiger partial charge on any atom is 0.250 e. The van der Waals surface area contributed by atoms with Gasteiger partial charge in [-0.1, -0.05) is 12.8 Å². The van der Waals surface area contributed by atoms with Crippen LogP contribution in [-0.2, 0) is 14.8 Å². The number of nitrogens with one attached hydrogen (secondary N) is 2. The molecule has 3 atom stereocenters. The maximum atomic E-state index is 11.7. The number of amides is 1. The molecule has 1 saturated heterocycles. The highest BCUT2D eigenvalue weighted by molar-refractivity contribution is 7.89. The van der Waals surface area contributed by atoms with E-state index < -0.39 is 15.9 Å². The van der Waals surface area contributed by atoms with Gasteiger partial charge in [-0.2, -0.15) is 0 Å². The van der Waals surface area contributed by atoms with Gasteiger partial charge in [0.25, 0.3) is 5.91 Å². The highest BCUT2D eigenvalue weighted by atomic mass is 35.5. The fourth-order valence-electron chi connectivity index (χ4n) is 2.77. The zero-order chi connectivity index (χ0) is 11.8. The van der Waals surface area contributed by atoms with E-state index >= 15 is 0 Å². The van der Waals surface area contributed by atoms with E-state index in [1.807, 2.05) is 4.72 Å². The molecule has 0 aromatic rings. The van der Waals surface area contributed by atoms with Gasteiger partial charge in [0.1, 0.15) is 0 Å². The standard InChI is InChI=1S/C10H18N2O3S.ClH/c1-16(14,15)12-10(13)9-6-7-4-2-3-5-8(7)11-9;/h7-9,11H,2-6H2,1H3,(H,12,13);1H. The molecule has 2 aliphatic rings. The van der Waals surface area contributed by atoms with Gasteiger partial charge in [0, 0.05) is 6.04 Å². The van der Waals surface area contributed by atoms with Crippen LogP contribution in [0.3, 0.4) is 0 Å². The number of hydrogen-bond acceptors (Lipinski definition) is 4. The van der Waals surface area contributed by atoms with E-state index in [1.54, 1.807) is 0 Å². The van der Waals surface area contributed by atoms with Crippen LogP contribution >= 0.6 is 12.4 Å². The molecule has 2 rings (SSSR count). The minimum absolute atomic E-state index is 0. The Morgan fingerprint density at radius 3 is 2.53 bits per heavy atom. The van der Waals surface area contributed by atoms with Gasteiger partial charge in [-0.25, -0.2) is 8.42 Å². The predicted molar refractivity (Wildman–Crippen MR) is 67.5 cm³/mol. The van der Waals surface area contributed by atoms with E-state index in [4.69, 9.17) is 0 Å². The Hall–Kier alpha value is -0.330. The molecule has 100 valence electrons. The number of fused-ring (bicyclic) bond motifs is 1. The third-order valence-corrected chi connectivity index (χ3v) is 4.04. The van der Waals surface area contributed by atoms with Crippen molar-refractivity contribution < 1.29 is 13.2 Å². The molecule has 0 bridgehead atoms. The molecule has 0 radical (unpaired) electrons. The molecule has 1 heterocycles. The number of halogens is 1. The summed E-state index contributed by atoms with van der Waals surface area (Å²) in [6.07, 6.45) is 6.46. The van der Waals surface area contributed by atoms with Crippen molar-refractivity contribution in [2.75, 3.05) is 6.26 Å². The maximum absolute atomic E-state index is 11.7. The average Bonchev–Trinajstić information content (AvgIpc) is 2.58. The van der Waals surface area contributed by atoms with Crippen LogP contribution in [0.4, 0.5) is 0 Å². The summed E-state index contributed by atoms with van der Waals surface area (Å²) in [4.78, 5) is 11.7. The Morgan fingerprint density at radius 1 is 1.29 bits per heavy atom. The van der Waals surface area contributed by atoms with Gasteiger partial charge >= 0.3 is 0 Å². The van der Waals surface area contributed by atoms with E-state index in [2.05, 4.69) is 5.32 Å². The van der Waals surface area contributed by atoms with Crippen molar-refractivity contribution in [3.05, 3.63) is 0 Å². The molecular weight excluding hydrogens is 264 g/mol. The molecule has 1 aliphatic carbocycles. The Labute approximate surface area is 108 Å². The van der Waals surface area contributed by atoms with Crippen molar-refractivity contribution in [2.24, 2.45) is 5.92 Å². The summed E-state index contributed by atoms with van der Waals surface area (Å²) < 4.78 is 23.9. The van der Waals surface area contributed by atoms with Gasteiger partial charge < -0.3 is 5.32 Å². The molecule has 0 spiro atoms. The number of rotatable bonds is 2. The second kappa shape index (κ2) is 5.54. The Kier molecular flexibility index (Phi) is 4.80. The highest BCUT2D eigenvalue weighted by Crippen LogP contribution is 2.33. The largest absolute Gasteiger partial charge is 0.303 e. The Balaban J connectivity index is 0.00000144. The first kappa shape index (κ1) is 14.7. The van der Waals surface area contributed by atoms with Gasteiger partial charge in [-0.15, -0.1) is 12.4 Å². The van der Waals surface area contributed by atoms with Crippen LogP contribution in [0.2, 0.25) is 0 Å². The second-order valence-electron chi connectivity index (χ2n) is 4.84. The monoisotopic (exact) mass is 282 g/mol. The molecule has 3 unspecified atom stereocenters. The van der Waals surface area contributed by atoms with Crippen molar-refractivity contribution >= 4 is 28.3 Å². The van der Waals surface area contributed by atoms with Crippen LogP contribution in [-0.4, -0.2) is 32.7 Å². The highest BCUT2D eigenvalue weighted by Gasteiger charge is 2.38. The predicted octanol–water partition coefficient (Wildman–Crippen LogP) is 0.405. The first-order valence-electron chi connectivity index (χ1n) is 5.73. The summed E-state index contributed by atoms with van der Waals surface area (Å²) in [6.45, 7) is 0. The Bertz CT molecular complexity index is 371. The van der Waals surface area contributed by atoms with Crippen LogP contribution in [0, 0.1) is 5.92 Å². The van der Waals surface area contributed by atoms with Crippen molar-refractivity contribution in [3.8, 4) is 0 Å². The second-order valence-corrected chi connectivity index (χ2v) is 6.59. The van der Waals surface area contributed by atoms with E-state index in [9.17, 15) is 13.2 Å². The van der Waals surface area contributed by atoms with Crippen molar-refractivity contribution in [2.45, 2.75) is 44.2 Å². The number of hydrogen-bond donors (Lipinski definition) is 2. The molecule has 0 aromatic carbocycles. The summed E-state index contributed by atoms with van der Waals surface area (Å²) in [7, 11) is -3.43. The fourth-order valence-corrected chi connectivity index (χ4v) is 3.28. The van der Waals surface area contributed by atoms with Crippen LogP contribution in [0.1, 0.15) is 32.1 Å². The van der Waals surface area contributed by atoms with E-state index in [1.165, 1.54) is 12.8 Å². The lowest BCUT2D eigenvalue weighted by Gasteiger charge is -2.24. The zero-order valence-electron chi connectivity index (χ0n) is 9.81. The van der Waals surface area contributed by atoms with Crippen LogP contribution in [0.15, 0.2) is 0 Å². The van der Waals surface area contributed by atoms with E-state index in [0.717, 1.165) is 25.5 Å². The number of carbonyl (C=O) groups excluding carboxylic acids is 1. The molecule has 1 aliphatic heterocycles. The van der Waals surface area contributed by atoms with Crippen molar-refractivity contribution in [1.29, 1.82) is 0 Å². The quantitative estimate of drug-likeness (QED) is 0.769. The molecule has 1 amide bonds. The Morgan fingerprint density at radius 2 is 1.94 bits per heavy atom. The summed E-state index contributed by atoms with van der Waals surface area (Å²) in [6, 6.07) is 0.0758. The van der Waals surface area contributed by atoms with Crippen LogP contribution < -0.4 is 10.0 Å². The lowest BCUT2D eigenvalue weighted by atomic mass is 9.85. The van der Waals surface area contributed by atoms with Crippen molar-refractivity contribution in [3.63, 3.8) is 0 Å². The lowest BCUT2D eigenvalue weighted by molar-refractivity contribution is -0.121. The summed E-state index contributed by atoms with van der Waals surface area (Å²) in [5.41, 5.74) is 0. The minimum atomic E-state index is -3.43. The first-order chi connectivity index (χ1) is 7.46. The van der Waals surface area contributed by atoms with Gasteiger partial charge in [0.2, 0.25) is 10.0 Å². The third kappa shape index (κ3) is 3.82. The molecule has 7 heteroatoms. The molecule has 5 nitrogen and oxygen atoms in total. The van der Waals surface area contributed by atoms with E-state index in [-0.39, 0.29) is 18.4 Å². The van der Waals surface area contributed by atoms with Gasteiger partial charge in [0.15, 0.2) is 0 Å². The number of carbonyl (C=O) groups is 1. The lowest BCUT2D eigenvalue weighted by Crippen LogP contribution is -2.44. The molecule has 1 saturated carbocycles. The summed E-state index contributed by atoms with van der Waals surface area (Å²) >= 11 is 0. The molecular formula is C10H19ClN2O3S. The van der Waals surface area contributed by atoms with Crippen molar-refractivity contribution in [1.82, 2.24) is 10.0 Å². The molecule has 0 aromatic heterocycles. The van der Waals surface area contributed by atoms with Crippen LogP contribution in [0.25, 0.3) is 0 Å². The van der Waals surface area contributed by atoms with Gasteiger partial charge in [-0.05, 0) is 25.2 Å². The fraction of sp³-hybridized carbons (Fsp3) is 0.900. The number of sulfonamides is 1. The smallest absolute Gasteiger partial charge is 0.250 e. The topological polar surface area (TPSA) is 75.3 Å². The van der Waals surface area contributed by atoms with E-state index in [0.29, 0.717) is 12.0 Å². The zero-order valence-corrected chi connectivity index (χ0v) is 11.4. The normalized spacial score (nSPS) is 32.4. The first-order valence-corrected chi connectivity index (χ1v) is 7.62. The molecule has 2 N–H and O–H groups in total. The van der Waals surface area contributed by atoms with Gasteiger partial charge in [0.05, 0.1) is 12.3 Å². The molecule has 2 fully saturated rings. The van der Waals surface area contributed by atoms with Gasteiger partial charge in [-0.3, -0.25) is 9.52 Å². The third-order valence-electron chi connectivity index (χ3n) is 3.47. The minimum Gasteiger partial charge on any atom is -0.303 e. The summed E-state index contributed by atoms with van der Waals surface area (Å²) in [5, 5.41) is 3.24. The average molecular weight is 283 g/mol. The molecule has 17 heavy (non-hydrogen) atoms. The van der Waals surface area contributed by atoms with Crippen LogP contribution in [0.5, 0.6) is 0 Å². The summed E-state index contributed by atoms with van der Waals surface area (Å²) in [5.74, 6) is 0.140.